The van der Waals surface area contributed by atoms with Gasteiger partial charge in [-0.25, -0.2) is 8.42 Å². The molecular weight excluding hydrogens is 360 g/mol. The predicted molar refractivity (Wildman–Crippen MR) is 102 cm³/mol. The smallest absolute Gasteiger partial charge is 0.237 e. The fraction of sp³-hybridized carbons (Fsp3) is 0.278. The van der Waals surface area contributed by atoms with Gasteiger partial charge >= 0.3 is 0 Å². The average molecular weight is 383 g/mol. The van der Waals surface area contributed by atoms with Gasteiger partial charge < -0.3 is 11.1 Å². The van der Waals surface area contributed by atoms with Gasteiger partial charge in [0.15, 0.2) is 9.84 Å². The van der Waals surface area contributed by atoms with Gasteiger partial charge in [-0.1, -0.05) is 42.0 Å². The Labute approximate surface area is 155 Å². The molecule has 0 spiro atoms. The monoisotopic (exact) mass is 382 g/mol. The molecule has 7 heteroatoms. The van der Waals surface area contributed by atoms with E-state index in [1.54, 1.807) is 31.2 Å². The van der Waals surface area contributed by atoms with Crippen LogP contribution in [0.4, 0.5) is 0 Å². The van der Waals surface area contributed by atoms with Crippen molar-refractivity contribution >= 4 is 28.2 Å². The third-order valence-corrected chi connectivity index (χ3v) is 4.84. The van der Waals surface area contributed by atoms with Crippen molar-refractivity contribution in [1.29, 1.82) is 0 Å². The summed E-state index contributed by atoms with van der Waals surface area (Å²) in [4.78, 5) is 12.3. The van der Waals surface area contributed by atoms with Gasteiger partial charge in [0, 0.05) is 6.26 Å². The third-order valence-electron chi connectivity index (χ3n) is 3.73. The van der Waals surface area contributed by atoms with E-state index in [0.717, 1.165) is 17.4 Å². The minimum absolute atomic E-state index is 0. The number of carbonyl (C=O) groups is 1. The lowest BCUT2D eigenvalue weighted by atomic mass is 9.97. The van der Waals surface area contributed by atoms with Gasteiger partial charge in [-0.2, -0.15) is 0 Å². The van der Waals surface area contributed by atoms with E-state index in [9.17, 15) is 13.2 Å². The molecule has 3 N–H and O–H groups in total. The van der Waals surface area contributed by atoms with E-state index >= 15 is 0 Å². The Kier molecular flexibility index (Phi) is 7.17. The van der Waals surface area contributed by atoms with Gasteiger partial charge in [-0.3, -0.25) is 4.79 Å². The van der Waals surface area contributed by atoms with Gasteiger partial charge in [-0.15, -0.1) is 12.4 Å². The number of rotatable bonds is 5. The summed E-state index contributed by atoms with van der Waals surface area (Å²) in [5.41, 5.74) is 8.31. The molecule has 0 aliphatic carbocycles. The Morgan fingerprint density at radius 2 is 1.68 bits per heavy atom. The predicted octanol–water partition coefficient (Wildman–Crippen LogP) is 2.37. The SMILES string of the molecule is Cc1ccc(C(NC(=O)[C@@H](C)N)c2cccc(S(C)(=O)=O)c2)cc1.Cl. The number of halogens is 1. The van der Waals surface area contributed by atoms with Crippen LogP contribution < -0.4 is 11.1 Å². The molecule has 25 heavy (non-hydrogen) atoms. The van der Waals surface area contributed by atoms with Crippen LogP contribution in [-0.4, -0.2) is 26.6 Å². The van der Waals surface area contributed by atoms with E-state index in [1.165, 1.54) is 0 Å². The molecular formula is C18H23ClN2O3S. The summed E-state index contributed by atoms with van der Waals surface area (Å²) in [6, 6.07) is 13.2. The van der Waals surface area contributed by atoms with Gasteiger partial charge in [-0.05, 0) is 37.1 Å². The standard InChI is InChI=1S/C18H22N2O3S.ClH/c1-12-7-9-14(10-8-12)17(20-18(21)13(2)19)15-5-4-6-16(11-15)24(3,22)23;/h4-11,13,17H,19H2,1-3H3,(H,20,21);1H/t13-,17?;/m1./s1. The van der Waals surface area contributed by atoms with E-state index < -0.39 is 21.9 Å². The number of aryl methyl sites for hydroxylation is 1. The molecule has 0 heterocycles. The van der Waals surface area contributed by atoms with Crippen LogP contribution in [-0.2, 0) is 14.6 Å². The molecule has 0 aliphatic heterocycles. The second kappa shape index (κ2) is 8.47. The third kappa shape index (κ3) is 5.56. The Balaban J connectivity index is 0.00000312. The number of hydrogen-bond donors (Lipinski definition) is 2. The normalized spacial score (nSPS) is 13.4. The van der Waals surface area contributed by atoms with Gasteiger partial charge in [0.1, 0.15) is 0 Å². The summed E-state index contributed by atoms with van der Waals surface area (Å²) in [7, 11) is -3.33. The Morgan fingerprint density at radius 1 is 1.08 bits per heavy atom. The lowest BCUT2D eigenvalue weighted by Gasteiger charge is -2.21. The highest BCUT2D eigenvalue weighted by atomic mass is 35.5. The zero-order chi connectivity index (χ0) is 17.9. The summed E-state index contributed by atoms with van der Waals surface area (Å²) in [6.45, 7) is 3.58. The number of carbonyl (C=O) groups excluding carboxylic acids is 1. The summed E-state index contributed by atoms with van der Waals surface area (Å²) >= 11 is 0. The number of nitrogens with two attached hydrogens (primary N) is 1. The molecule has 0 fully saturated rings. The van der Waals surface area contributed by atoms with Crippen LogP contribution in [0.5, 0.6) is 0 Å². The topological polar surface area (TPSA) is 89.3 Å². The molecule has 0 radical (unpaired) electrons. The van der Waals surface area contributed by atoms with Crippen molar-refractivity contribution < 1.29 is 13.2 Å². The van der Waals surface area contributed by atoms with Crippen molar-refractivity contribution in [3.05, 3.63) is 65.2 Å². The van der Waals surface area contributed by atoms with Crippen LogP contribution in [0.25, 0.3) is 0 Å². The lowest BCUT2D eigenvalue weighted by molar-refractivity contribution is -0.122. The maximum atomic E-state index is 12.1. The number of sulfone groups is 1. The first-order chi connectivity index (χ1) is 11.2. The van der Waals surface area contributed by atoms with Crippen molar-refractivity contribution in [1.82, 2.24) is 5.32 Å². The fourth-order valence-electron chi connectivity index (χ4n) is 2.32. The summed E-state index contributed by atoms with van der Waals surface area (Å²) in [5.74, 6) is -0.301. The first kappa shape index (κ1) is 21.2. The molecule has 5 nitrogen and oxygen atoms in total. The van der Waals surface area contributed by atoms with Crippen molar-refractivity contribution in [3.63, 3.8) is 0 Å². The molecule has 2 atom stereocenters. The minimum Gasteiger partial charge on any atom is -0.344 e. The number of nitrogens with one attached hydrogen (secondary N) is 1. The minimum atomic E-state index is -3.33. The molecule has 136 valence electrons. The zero-order valence-electron chi connectivity index (χ0n) is 14.4. The Hall–Kier alpha value is -1.89. The van der Waals surface area contributed by atoms with E-state index in [4.69, 9.17) is 5.73 Å². The second-order valence-corrected chi connectivity index (χ2v) is 8.00. The van der Waals surface area contributed by atoms with Crippen LogP contribution in [0.15, 0.2) is 53.4 Å². The number of benzene rings is 2. The summed E-state index contributed by atoms with van der Waals surface area (Å²) < 4.78 is 23.6. The highest BCUT2D eigenvalue weighted by molar-refractivity contribution is 7.90. The van der Waals surface area contributed by atoms with Crippen LogP contribution in [0, 0.1) is 6.92 Å². The molecule has 2 aromatic carbocycles. The van der Waals surface area contributed by atoms with Gasteiger partial charge in [0.05, 0.1) is 17.0 Å². The summed E-state index contributed by atoms with van der Waals surface area (Å²) in [6.07, 6.45) is 1.16. The van der Waals surface area contributed by atoms with Gasteiger partial charge in [0.25, 0.3) is 0 Å². The molecule has 1 amide bonds. The maximum absolute atomic E-state index is 12.1. The summed E-state index contributed by atoms with van der Waals surface area (Å²) in [5, 5.41) is 2.89. The van der Waals surface area contributed by atoms with Crippen LogP contribution in [0.3, 0.4) is 0 Å². The molecule has 0 bridgehead atoms. The van der Waals surface area contributed by atoms with Crippen LogP contribution in [0.1, 0.15) is 29.7 Å². The Morgan fingerprint density at radius 3 is 2.20 bits per heavy atom. The van der Waals surface area contributed by atoms with Gasteiger partial charge in [0.2, 0.25) is 5.91 Å². The van der Waals surface area contributed by atoms with Crippen LogP contribution in [0.2, 0.25) is 0 Å². The molecule has 2 aromatic rings. The number of amides is 1. The molecule has 2 rings (SSSR count). The van der Waals surface area contributed by atoms with Crippen molar-refractivity contribution in [3.8, 4) is 0 Å². The highest BCUT2D eigenvalue weighted by Gasteiger charge is 2.20. The Bertz CT molecular complexity index is 834. The van der Waals surface area contributed by atoms with E-state index in [1.807, 2.05) is 31.2 Å². The van der Waals surface area contributed by atoms with Crippen LogP contribution >= 0.6 is 12.4 Å². The molecule has 1 unspecified atom stereocenters. The first-order valence-electron chi connectivity index (χ1n) is 7.61. The quantitative estimate of drug-likeness (QED) is 0.830. The highest BCUT2D eigenvalue weighted by Crippen LogP contribution is 2.25. The van der Waals surface area contributed by atoms with Crippen molar-refractivity contribution in [2.45, 2.75) is 30.8 Å². The second-order valence-electron chi connectivity index (χ2n) is 5.99. The number of hydrogen-bond acceptors (Lipinski definition) is 4. The fourth-order valence-corrected chi connectivity index (χ4v) is 2.99. The molecule has 0 aromatic heterocycles. The first-order valence-corrected chi connectivity index (χ1v) is 9.50. The zero-order valence-corrected chi connectivity index (χ0v) is 16.0. The molecule has 0 saturated carbocycles. The van der Waals surface area contributed by atoms with Crippen molar-refractivity contribution in [2.24, 2.45) is 5.73 Å². The van der Waals surface area contributed by atoms with Crippen molar-refractivity contribution in [2.75, 3.05) is 6.26 Å². The molecule has 0 aliphatic rings. The average Bonchev–Trinajstić information content (AvgIpc) is 2.52. The maximum Gasteiger partial charge on any atom is 0.237 e. The lowest BCUT2D eigenvalue weighted by Crippen LogP contribution is -2.40. The van der Waals surface area contributed by atoms with E-state index in [2.05, 4.69) is 5.32 Å². The largest absolute Gasteiger partial charge is 0.344 e. The van der Waals surface area contributed by atoms with E-state index in [0.29, 0.717) is 5.56 Å². The van der Waals surface area contributed by atoms with E-state index in [-0.39, 0.29) is 23.2 Å². The molecule has 0 saturated heterocycles.